The second-order valence-corrected chi connectivity index (χ2v) is 9.93. The zero-order valence-electron chi connectivity index (χ0n) is 18.1. The van der Waals surface area contributed by atoms with Crippen LogP contribution in [0.5, 0.6) is 0 Å². The number of halogens is 3. The number of carbonyl (C=O) groups is 1. The lowest BCUT2D eigenvalue weighted by Gasteiger charge is -2.11. The van der Waals surface area contributed by atoms with Crippen LogP contribution in [0, 0.1) is 11.6 Å². The third-order valence-electron chi connectivity index (χ3n) is 5.01. The number of amides is 1. The molecule has 2 aromatic carbocycles. The lowest BCUT2D eigenvalue weighted by molar-refractivity contribution is -0.115. The fourth-order valence-electron chi connectivity index (χ4n) is 3.38. The van der Waals surface area contributed by atoms with Gasteiger partial charge in [0.25, 0.3) is 0 Å². The monoisotopic (exact) mass is 513 g/mol. The molecule has 2 aromatic heterocycles. The third-order valence-corrected chi connectivity index (χ3v) is 7.03. The first-order chi connectivity index (χ1) is 16.7. The van der Waals surface area contributed by atoms with Crippen LogP contribution in [0.2, 0.25) is 5.02 Å². The number of hydrogen-bond acceptors (Lipinski definition) is 5. The number of nitrogens with one attached hydrogen (secondary N) is 1. The van der Waals surface area contributed by atoms with Crippen molar-refractivity contribution in [2.75, 3.05) is 5.32 Å². The van der Waals surface area contributed by atoms with Crippen LogP contribution in [0.4, 0.5) is 14.6 Å². The van der Waals surface area contributed by atoms with E-state index in [2.05, 4.69) is 15.3 Å². The molecule has 0 fully saturated rings. The van der Waals surface area contributed by atoms with Crippen molar-refractivity contribution >= 4 is 33.2 Å². The number of rotatable bonds is 7. The number of aromatic nitrogens is 2. The van der Waals surface area contributed by atoms with Gasteiger partial charge in [0.2, 0.25) is 15.7 Å². The summed E-state index contributed by atoms with van der Waals surface area (Å²) >= 11 is 5.80. The van der Waals surface area contributed by atoms with Gasteiger partial charge in [-0.05, 0) is 66.2 Å². The van der Waals surface area contributed by atoms with Crippen LogP contribution in [0.1, 0.15) is 17.0 Å². The fraction of sp³-hybridized carbons (Fsp3) is 0.0800. The van der Waals surface area contributed by atoms with Gasteiger partial charge in [-0.2, -0.15) is 0 Å². The average molecular weight is 514 g/mol. The highest BCUT2D eigenvalue weighted by Gasteiger charge is 2.25. The van der Waals surface area contributed by atoms with Crippen molar-refractivity contribution in [3.8, 4) is 0 Å². The standard InChI is InChI=1S/C25H18ClF2N3O3S/c26-17-7-9-21(10-8-17)35(33,34)22-14-18(27)12-16(25(22)28)13-20-5-3-6-23(30-20)31-24(32)15-19-4-1-2-11-29-19/h1-12,14H,13,15H2,(H,30,31,32). The molecule has 1 amide bonds. The van der Waals surface area contributed by atoms with Gasteiger partial charge in [0.1, 0.15) is 22.3 Å². The van der Waals surface area contributed by atoms with Gasteiger partial charge in [-0.15, -0.1) is 0 Å². The third kappa shape index (κ3) is 5.87. The Morgan fingerprint density at radius 2 is 1.69 bits per heavy atom. The van der Waals surface area contributed by atoms with Crippen LogP contribution in [0.15, 0.2) is 88.8 Å². The Morgan fingerprint density at radius 3 is 2.40 bits per heavy atom. The molecule has 0 spiro atoms. The summed E-state index contributed by atoms with van der Waals surface area (Å²) in [6.45, 7) is 0. The lowest BCUT2D eigenvalue weighted by atomic mass is 10.1. The van der Waals surface area contributed by atoms with Crippen molar-refractivity contribution < 1.29 is 22.0 Å². The molecule has 6 nitrogen and oxygen atoms in total. The molecule has 0 atom stereocenters. The van der Waals surface area contributed by atoms with Crippen LogP contribution in [-0.2, 0) is 27.5 Å². The minimum atomic E-state index is -4.33. The number of sulfone groups is 1. The first-order valence-electron chi connectivity index (χ1n) is 10.4. The molecule has 1 N–H and O–H groups in total. The summed E-state index contributed by atoms with van der Waals surface area (Å²) in [5, 5.41) is 2.95. The predicted molar refractivity (Wildman–Crippen MR) is 127 cm³/mol. The van der Waals surface area contributed by atoms with E-state index < -0.39 is 26.4 Å². The highest BCUT2D eigenvalue weighted by atomic mass is 35.5. The Labute approximate surface area is 205 Å². The zero-order valence-corrected chi connectivity index (χ0v) is 19.7. The second kappa shape index (κ2) is 10.3. The van der Waals surface area contributed by atoms with Crippen LogP contribution >= 0.6 is 11.6 Å². The summed E-state index contributed by atoms with van der Waals surface area (Å²) in [4.78, 5) is 19.7. The molecule has 4 aromatic rings. The molecule has 0 aliphatic heterocycles. The minimum absolute atomic E-state index is 0.0389. The molecule has 35 heavy (non-hydrogen) atoms. The Bertz CT molecular complexity index is 1480. The molecular weight excluding hydrogens is 496 g/mol. The largest absolute Gasteiger partial charge is 0.310 e. The average Bonchev–Trinajstić information content (AvgIpc) is 2.82. The maximum Gasteiger partial charge on any atom is 0.231 e. The van der Waals surface area contributed by atoms with E-state index >= 15 is 4.39 Å². The van der Waals surface area contributed by atoms with Crippen molar-refractivity contribution in [2.24, 2.45) is 0 Å². The van der Waals surface area contributed by atoms with Gasteiger partial charge in [-0.3, -0.25) is 9.78 Å². The summed E-state index contributed by atoms with van der Waals surface area (Å²) in [6.07, 6.45) is 1.42. The van der Waals surface area contributed by atoms with Crippen molar-refractivity contribution in [1.29, 1.82) is 0 Å². The van der Waals surface area contributed by atoms with E-state index in [0.717, 1.165) is 6.07 Å². The number of carbonyl (C=O) groups excluding carboxylic acids is 1. The van der Waals surface area contributed by atoms with Gasteiger partial charge in [-0.25, -0.2) is 22.2 Å². The number of benzene rings is 2. The SMILES string of the molecule is O=C(Cc1ccccn1)Nc1cccc(Cc2cc(F)cc(S(=O)(=O)c3ccc(Cl)cc3)c2F)n1. The molecule has 4 rings (SSSR count). The quantitative estimate of drug-likeness (QED) is 0.375. The van der Waals surface area contributed by atoms with Crippen molar-refractivity contribution in [2.45, 2.75) is 22.6 Å². The van der Waals surface area contributed by atoms with Crippen LogP contribution in [0.3, 0.4) is 0 Å². The van der Waals surface area contributed by atoms with E-state index in [1.807, 2.05) is 0 Å². The van der Waals surface area contributed by atoms with Gasteiger partial charge in [0.15, 0.2) is 0 Å². The molecule has 0 aliphatic rings. The fourth-order valence-corrected chi connectivity index (χ4v) is 4.89. The van der Waals surface area contributed by atoms with E-state index in [1.165, 1.54) is 24.3 Å². The Balaban J connectivity index is 1.57. The molecule has 0 unspecified atom stereocenters. The van der Waals surface area contributed by atoms with Gasteiger partial charge in [-0.1, -0.05) is 23.7 Å². The van der Waals surface area contributed by atoms with E-state index in [-0.39, 0.29) is 35.0 Å². The summed E-state index contributed by atoms with van der Waals surface area (Å²) in [6, 6.07) is 16.6. The maximum absolute atomic E-state index is 15.3. The van der Waals surface area contributed by atoms with Crippen molar-refractivity contribution in [1.82, 2.24) is 9.97 Å². The highest BCUT2D eigenvalue weighted by Crippen LogP contribution is 2.28. The first kappa shape index (κ1) is 24.4. The normalized spacial score (nSPS) is 11.3. The summed E-state index contributed by atoms with van der Waals surface area (Å²) in [5.74, 6) is -2.11. The molecule has 178 valence electrons. The first-order valence-corrected chi connectivity index (χ1v) is 12.2. The number of anilines is 1. The Hall–Kier alpha value is -3.69. The van der Waals surface area contributed by atoms with E-state index in [4.69, 9.17) is 11.6 Å². The summed E-state index contributed by atoms with van der Waals surface area (Å²) in [5.41, 5.74) is 0.694. The van der Waals surface area contributed by atoms with E-state index in [0.29, 0.717) is 22.5 Å². The minimum Gasteiger partial charge on any atom is -0.310 e. The molecule has 0 saturated carbocycles. The molecule has 0 bridgehead atoms. The van der Waals surface area contributed by atoms with E-state index in [1.54, 1.807) is 42.6 Å². The predicted octanol–water partition coefficient (Wildman–Crippen LogP) is 5.01. The smallest absolute Gasteiger partial charge is 0.231 e. The van der Waals surface area contributed by atoms with E-state index in [9.17, 15) is 17.6 Å². The molecule has 2 heterocycles. The molecule has 0 aliphatic carbocycles. The second-order valence-electron chi connectivity index (χ2n) is 7.57. The molecule has 0 saturated heterocycles. The highest BCUT2D eigenvalue weighted by molar-refractivity contribution is 7.91. The molecular formula is C25H18ClF2N3O3S. The Kier molecular flexibility index (Phi) is 7.18. The van der Waals surface area contributed by atoms with Crippen LogP contribution < -0.4 is 5.32 Å². The number of nitrogens with zero attached hydrogens (tertiary/aromatic N) is 2. The molecule has 0 radical (unpaired) electrons. The van der Waals surface area contributed by atoms with Crippen molar-refractivity contribution in [3.63, 3.8) is 0 Å². The van der Waals surface area contributed by atoms with Crippen LogP contribution in [-0.4, -0.2) is 24.3 Å². The summed E-state index contributed by atoms with van der Waals surface area (Å²) < 4.78 is 55.5. The maximum atomic E-state index is 15.3. The van der Waals surface area contributed by atoms with Gasteiger partial charge < -0.3 is 5.32 Å². The van der Waals surface area contributed by atoms with Gasteiger partial charge >= 0.3 is 0 Å². The zero-order chi connectivity index (χ0) is 25.0. The van der Waals surface area contributed by atoms with Gasteiger partial charge in [0.05, 0.1) is 11.3 Å². The van der Waals surface area contributed by atoms with Crippen LogP contribution in [0.25, 0.3) is 0 Å². The summed E-state index contributed by atoms with van der Waals surface area (Å²) in [7, 11) is -4.33. The van der Waals surface area contributed by atoms with Gasteiger partial charge in [0, 0.05) is 29.0 Å². The number of pyridine rings is 2. The lowest BCUT2D eigenvalue weighted by Crippen LogP contribution is -2.16. The Morgan fingerprint density at radius 1 is 0.943 bits per heavy atom. The van der Waals surface area contributed by atoms with Crippen molar-refractivity contribution in [3.05, 3.63) is 113 Å². The molecule has 10 heteroatoms. The topological polar surface area (TPSA) is 89.0 Å². The number of hydrogen-bond donors (Lipinski definition) is 1.